The lowest BCUT2D eigenvalue weighted by Crippen LogP contribution is -2.21. The molecule has 13 heavy (non-hydrogen) atoms. The highest BCUT2D eigenvalue weighted by molar-refractivity contribution is 6.33. The number of carboxylic acids is 1. The highest BCUT2D eigenvalue weighted by atomic mass is 35.5. The van der Waals surface area contributed by atoms with Crippen molar-refractivity contribution in [2.24, 2.45) is 5.73 Å². The second-order valence-electron chi connectivity index (χ2n) is 2.56. The van der Waals surface area contributed by atoms with E-state index in [4.69, 9.17) is 28.2 Å². The number of halogens is 1. The fourth-order valence-corrected chi connectivity index (χ4v) is 1.14. The van der Waals surface area contributed by atoms with Crippen molar-refractivity contribution in [2.75, 3.05) is 5.73 Å². The average Bonchev–Trinajstić information content (AvgIpc) is 2.08. The van der Waals surface area contributed by atoms with Crippen LogP contribution < -0.4 is 11.5 Å². The van der Waals surface area contributed by atoms with Gasteiger partial charge in [-0.15, -0.1) is 0 Å². The van der Waals surface area contributed by atoms with E-state index in [9.17, 15) is 4.79 Å². The van der Waals surface area contributed by atoms with Crippen molar-refractivity contribution in [3.05, 3.63) is 28.8 Å². The molecule has 1 aromatic carbocycles. The number of aliphatic carboxylic acids is 1. The summed E-state index contributed by atoms with van der Waals surface area (Å²) >= 11 is 5.69. The van der Waals surface area contributed by atoms with Crippen molar-refractivity contribution >= 4 is 23.3 Å². The quantitative estimate of drug-likeness (QED) is 0.622. The summed E-state index contributed by atoms with van der Waals surface area (Å²) < 4.78 is 0. The molecule has 0 heterocycles. The summed E-state index contributed by atoms with van der Waals surface area (Å²) in [4.78, 5) is 10.5. The first-order chi connectivity index (χ1) is 6.04. The summed E-state index contributed by atoms with van der Waals surface area (Å²) in [6.45, 7) is 0. The van der Waals surface area contributed by atoms with E-state index in [2.05, 4.69) is 0 Å². The van der Waals surface area contributed by atoms with Gasteiger partial charge in [-0.1, -0.05) is 23.7 Å². The number of para-hydroxylation sites is 1. The highest BCUT2D eigenvalue weighted by Gasteiger charge is 2.17. The molecule has 0 amide bonds. The predicted molar refractivity (Wildman–Crippen MR) is 50.4 cm³/mol. The maximum Gasteiger partial charge on any atom is 0.325 e. The van der Waals surface area contributed by atoms with E-state index in [1.54, 1.807) is 18.2 Å². The van der Waals surface area contributed by atoms with Gasteiger partial charge in [-0.25, -0.2) is 0 Å². The van der Waals surface area contributed by atoms with Gasteiger partial charge < -0.3 is 16.6 Å². The van der Waals surface area contributed by atoms with E-state index in [1.807, 2.05) is 0 Å². The fourth-order valence-electron chi connectivity index (χ4n) is 0.958. The van der Waals surface area contributed by atoms with Crippen LogP contribution in [-0.4, -0.2) is 11.1 Å². The van der Waals surface area contributed by atoms with Gasteiger partial charge in [0.1, 0.15) is 6.04 Å². The molecule has 0 aliphatic rings. The molecule has 0 radical (unpaired) electrons. The number of hydrogen-bond acceptors (Lipinski definition) is 3. The molecular formula is C8H9ClN2O2. The van der Waals surface area contributed by atoms with Crippen molar-refractivity contribution in [1.82, 2.24) is 0 Å². The number of benzene rings is 1. The van der Waals surface area contributed by atoms with Crippen LogP contribution in [0.2, 0.25) is 5.02 Å². The lowest BCUT2D eigenvalue weighted by atomic mass is 10.1. The molecule has 0 fully saturated rings. The Kier molecular flexibility index (Phi) is 2.75. The van der Waals surface area contributed by atoms with Crippen LogP contribution in [0.15, 0.2) is 18.2 Å². The second-order valence-corrected chi connectivity index (χ2v) is 2.97. The van der Waals surface area contributed by atoms with Crippen molar-refractivity contribution in [1.29, 1.82) is 0 Å². The minimum Gasteiger partial charge on any atom is -0.480 e. The Morgan fingerprint density at radius 3 is 2.69 bits per heavy atom. The third kappa shape index (κ3) is 1.91. The largest absolute Gasteiger partial charge is 0.480 e. The molecular weight excluding hydrogens is 192 g/mol. The van der Waals surface area contributed by atoms with Crippen molar-refractivity contribution < 1.29 is 9.90 Å². The number of rotatable bonds is 2. The zero-order valence-corrected chi connectivity index (χ0v) is 7.45. The zero-order valence-electron chi connectivity index (χ0n) is 6.70. The van der Waals surface area contributed by atoms with Gasteiger partial charge in [0.15, 0.2) is 0 Å². The maximum atomic E-state index is 10.5. The molecule has 1 aromatic rings. The highest BCUT2D eigenvalue weighted by Crippen LogP contribution is 2.26. The Labute approximate surface area is 80.1 Å². The van der Waals surface area contributed by atoms with Crippen LogP contribution in [0, 0.1) is 0 Å². The Balaban J connectivity index is 3.15. The molecule has 4 nitrogen and oxygen atoms in total. The maximum absolute atomic E-state index is 10.5. The molecule has 0 aliphatic heterocycles. The van der Waals surface area contributed by atoms with Crippen molar-refractivity contribution in [3.63, 3.8) is 0 Å². The van der Waals surface area contributed by atoms with Crippen LogP contribution in [-0.2, 0) is 4.79 Å². The van der Waals surface area contributed by atoms with Crippen LogP contribution in [0.1, 0.15) is 11.6 Å². The van der Waals surface area contributed by atoms with Gasteiger partial charge in [0.25, 0.3) is 0 Å². The zero-order chi connectivity index (χ0) is 10.0. The Hall–Kier alpha value is -1.26. The predicted octanol–water partition coefficient (Wildman–Crippen LogP) is 1.01. The first kappa shape index (κ1) is 9.83. The molecule has 0 saturated heterocycles. The molecule has 0 bridgehead atoms. The van der Waals surface area contributed by atoms with E-state index in [0.29, 0.717) is 10.6 Å². The van der Waals surface area contributed by atoms with Gasteiger partial charge >= 0.3 is 5.97 Å². The third-order valence-electron chi connectivity index (χ3n) is 1.69. The summed E-state index contributed by atoms with van der Waals surface area (Å²) in [6, 6.07) is 3.60. The minimum atomic E-state index is -1.13. The SMILES string of the molecule is Nc1c(Cl)cccc1C(N)C(=O)O. The van der Waals surface area contributed by atoms with Gasteiger partial charge in [0.05, 0.1) is 10.7 Å². The smallest absolute Gasteiger partial charge is 0.325 e. The molecule has 1 unspecified atom stereocenters. The third-order valence-corrected chi connectivity index (χ3v) is 2.02. The van der Waals surface area contributed by atoms with Gasteiger partial charge in [-0.3, -0.25) is 4.79 Å². The van der Waals surface area contributed by atoms with Crippen LogP contribution in [0.3, 0.4) is 0 Å². The molecule has 0 spiro atoms. The molecule has 1 rings (SSSR count). The van der Waals surface area contributed by atoms with E-state index in [-0.39, 0.29) is 5.69 Å². The standard InChI is InChI=1S/C8H9ClN2O2/c9-5-3-1-2-4(6(5)10)7(11)8(12)13/h1-3,7H,10-11H2,(H,12,13). The molecule has 70 valence electrons. The van der Waals surface area contributed by atoms with Crippen LogP contribution in [0.4, 0.5) is 5.69 Å². The van der Waals surface area contributed by atoms with Crippen molar-refractivity contribution in [3.8, 4) is 0 Å². The normalized spacial score (nSPS) is 12.5. The monoisotopic (exact) mass is 200 g/mol. The van der Waals surface area contributed by atoms with Gasteiger partial charge in [0.2, 0.25) is 0 Å². The number of anilines is 1. The van der Waals surface area contributed by atoms with E-state index < -0.39 is 12.0 Å². The van der Waals surface area contributed by atoms with E-state index >= 15 is 0 Å². The Morgan fingerprint density at radius 2 is 2.15 bits per heavy atom. The van der Waals surface area contributed by atoms with Gasteiger partial charge in [-0.2, -0.15) is 0 Å². The number of nitrogens with two attached hydrogens (primary N) is 2. The van der Waals surface area contributed by atoms with Crippen LogP contribution in [0.25, 0.3) is 0 Å². The summed E-state index contributed by atoms with van der Waals surface area (Å²) in [5.41, 5.74) is 11.5. The summed E-state index contributed by atoms with van der Waals surface area (Å²) in [5, 5.41) is 8.94. The number of carbonyl (C=O) groups is 1. The first-order valence-corrected chi connectivity index (χ1v) is 3.94. The molecule has 0 aromatic heterocycles. The Morgan fingerprint density at radius 1 is 1.54 bits per heavy atom. The molecule has 1 atom stereocenters. The first-order valence-electron chi connectivity index (χ1n) is 3.56. The minimum absolute atomic E-state index is 0.221. The van der Waals surface area contributed by atoms with Crippen LogP contribution >= 0.6 is 11.6 Å². The van der Waals surface area contributed by atoms with E-state index in [0.717, 1.165) is 0 Å². The summed E-state index contributed by atoms with van der Waals surface area (Å²) in [6.07, 6.45) is 0. The molecule has 0 saturated carbocycles. The molecule has 5 N–H and O–H groups in total. The van der Waals surface area contributed by atoms with E-state index in [1.165, 1.54) is 0 Å². The summed E-state index contributed by atoms with van der Waals surface area (Å²) in [5.74, 6) is -1.13. The van der Waals surface area contributed by atoms with Crippen LogP contribution in [0.5, 0.6) is 0 Å². The number of hydrogen-bond donors (Lipinski definition) is 3. The lowest BCUT2D eigenvalue weighted by Gasteiger charge is -2.10. The molecule has 5 heteroatoms. The number of nitrogen functional groups attached to an aromatic ring is 1. The fraction of sp³-hybridized carbons (Fsp3) is 0.125. The number of carboxylic acid groups (broad SMARTS) is 1. The lowest BCUT2D eigenvalue weighted by molar-refractivity contribution is -0.138. The second kappa shape index (κ2) is 3.64. The van der Waals surface area contributed by atoms with Gasteiger partial charge in [-0.05, 0) is 6.07 Å². The topological polar surface area (TPSA) is 89.3 Å². The summed E-state index contributed by atoms with van der Waals surface area (Å²) in [7, 11) is 0. The van der Waals surface area contributed by atoms with Gasteiger partial charge in [0, 0.05) is 5.56 Å². The molecule has 0 aliphatic carbocycles. The Bertz CT molecular complexity index is 341. The average molecular weight is 201 g/mol. The van der Waals surface area contributed by atoms with Crippen molar-refractivity contribution in [2.45, 2.75) is 6.04 Å².